The van der Waals surface area contributed by atoms with Gasteiger partial charge in [0.2, 0.25) is 0 Å². The summed E-state index contributed by atoms with van der Waals surface area (Å²) < 4.78 is 26.8. The van der Waals surface area contributed by atoms with Gasteiger partial charge in [-0.2, -0.15) is 12.7 Å². The van der Waals surface area contributed by atoms with Gasteiger partial charge in [-0.15, -0.1) is 0 Å². The predicted octanol–water partition coefficient (Wildman–Crippen LogP) is 1.06. The lowest BCUT2D eigenvalue weighted by atomic mass is 10.4. The number of hydrogen-bond donors (Lipinski definition) is 1. The zero-order valence-electron chi connectivity index (χ0n) is 7.73. The van der Waals surface area contributed by atoms with Crippen LogP contribution in [0.15, 0.2) is 22.9 Å². The Kier molecular flexibility index (Phi) is 3.46. The fraction of sp³-hybridized carbons (Fsp3) is 0.286. The molecule has 0 radical (unpaired) electrons. The van der Waals surface area contributed by atoms with Crippen LogP contribution in [0.1, 0.15) is 0 Å². The number of halogens is 1. The quantitative estimate of drug-likeness (QED) is 0.842. The molecule has 0 unspecified atom stereocenters. The van der Waals surface area contributed by atoms with Crippen LogP contribution in [0.4, 0.5) is 5.69 Å². The molecule has 1 N–H and O–H groups in total. The predicted molar refractivity (Wildman–Crippen MR) is 58.2 cm³/mol. The Labute approximate surface area is 91.5 Å². The Balaban J connectivity index is 2.96. The number of aromatic nitrogens is 1. The summed E-state index contributed by atoms with van der Waals surface area (Å²) in [5.74, 6) is 0. The average Bonchev–Trinajstić information content (AvgIpc) is 2.08. The second-order valence-electron chi connectivity index (χ2n) is 2.73. The summed E-state index contributed by atoms with van der Waals surface area (Å²) in [5.41, 5.74) is 0.418. The highest BCUT2D eigenvalue weighted by atomic mass is 79.9. The van der Waals surface area contributed by atoms with Gasteiger partial charge in [0.15, 0.2) is 0 Å². The minimum atomic E-state index is -3.46. The van der Waals surface area contributed by atoms with Gasteiger partial charge in [0.05, 0.1) is 5.69 Å². The van der Waals surface area contributed by atoms with Gasteiger partial charge in [0, 0.05) is 20.3 Å². The van der Waals surface area contributed by atoms with Gasteiger partial charge in [0.1, 0.15) is 4.60 Å². The summed E-state index contributed by atoms with van der Waals surface area (Å²) in [6.07, 6.45) is 1.57. The van der Waals surface area contributed by atoms with Gasteiger partial charge >= 0.3 is 10.2 Å². The van der Waals surface area contributed by atoms with Crippen molar-refractivity contribution in [2.24, 2.45) is 0 Å². The summed E-state index contributed by atoms with van der Waals surface area (Å²) in [5, 5.41) is 0. The van der Waals surface area contributed by atoms with Gasteiger partial charge in [-0.1, -0.05) is 0 Å². The van der Waals surface area contributed by atoms with E-state index in [0.29, 0.717) is 10.3 Å². The molecule has 0 aliphatic carbocycles. The molecule has 78 valence electrons. The molecule has 0 spiro atoms. The van der Waals surface area contributed by atoms with E-state index in [1.165, 1.54) is 14.1 Å². The lowest BCUT2D eigenvalue weighted by Crippen LogP contribution is -2.29. The van der Waals surface area contributed by atoms with Crippen LogP contribution < -0.4 is 4.72 Å². The molecule has 0 saturated carbocycles. The lowest BCUT2D eigenvalue weighted by molar-refractivity contribution is 0.526. The molecular weight excluding hydrogens is 270 g/mol. The molecule has 0 aliphatic heterocycles. The highest BCUT2D eigenvalue weighted by Gasteiger charge is 2.14. The van der Waals surface area contributed by atoms with Crippen molar-refractivity contribution in [3.8, 4) is 0 Å². The van der Waals surface area contributed by atoms with Crippen LogP contribution in [-0.4, -0.2) is 31.8 Å². The number of hydrogen-bond acceptors (Lipinski definition) is 3. The smallest absolute Gasteiger partial charge is 0.268 e. The summed E-state index contributed by atoms with van der Waals surface area (Å²) in [4.78, 5) is 3.89. The highest BCUT2D eigenvalue weighted by molar-refractivity contribution is 9.10. The van der Waals surface area contributed by atoms with E-state index in [1.807, 2.05) is 0 Å². The van der Waals surface area contributed by atoms with Crippen molar-refractivity contribution in [1.29, 1.82) is 0 Å². The van der Waals surface area contributed by atoms with Gasteiger partial charge in [-0.25, -0.2) is 4.98 Å². The maximum absolute atomic E-state index is 11.4. The number of nitrogens with one attached hydrogen (secondary N) is 1. The second kappa shape index (κ2) is 4.24. The molecule has 1 heterocycles. The summed E-state index contributed by atoms with van der Waals surface area (Å²) in [7, 11) is -0.558. The lowest BCUT2D eigenvalue weighted by Gasteiger charge is -2.13. The van der Waals surface area contributed by atoms with Crippen molar-refractivity contribution in [1.82, 2.24) is 9.29 Å². The highest BCUT2D eigenvalue weighted by Crippen LogP contribution is 2.19. The maximum Gasteiger partial charge on any atom is 0.301 e. The molecule has 5 nitrogen and oxygen atoms in total. The van der Waals surface area contributed by atoms with Crippen molar-refractivity contribution in [3.05, 3.63) is 22.9 Å². The van der Waals surface area contributed by atoms with Gasteiger partial charge in [0.25, 0.3) is 0 Å². The van der Waals surface area contributed by atoms with E-state index in [-0.39, 0.29) is 0 Å². The Morgan fingerprint density at radius 2 is 2.14 bits per heavy atom. The topological polar surface area (TPSA) is 62.3 Å². The van der Waals surface area contributed by atoms with Crippen molar-refractivity contribution >= 4 is 31.8 Å². The third-order valence-electron chi connectivity index (χ3n) is 1.48. The Hall–Kier alpha value is -0.660. The third-order valence-corrected chi connectivity index (χ3v) is 3.55. The van der Waals surface area contributed by atoms with Crippen molar-refractivity contribution in [2.45, 2.75) is 0 Å². The van der Waals surface area contributed by atoms with Crippen LogP contribution in [-0.2, 0) is 10.2 Å². The van der Waals surface area contributed by atoms with Gasteiger partial charge in [-0.3, -0.25) is 4.72 Å². The Morgan fingerprint density at radius 3 is 2.64 bits per heavy atom. The first-order chi connectivity index (χ1) is 6.43. The molecule has 0 atom stereocenters. The van der Waals surface area contributed by atoms with E-state index >= 15 is 0 Å². The summed E-state index contributed by atoms with van der Waals surface area (Å²) in [6.45, 7) is 0. The number of rotatable bonds is 3. The largest absolute Gasteiger partial charge is 0.301 e. The first-order valence-corrected chi connectivity index (χ1v) is 5.97. The molecule has 0 saturated heterocycles. The number of nitrogens with zero attached hydrogens (tertiary/aromatic N) is 2. The minimum absolute atomic E-state index is 0.418. The van der Waals surface area contributed by atoms with E-state index in [4.69, 9.17) is 0 Å². The maximum atomic E-state index is 11.4. The average molecular weight is 280 g/mol. The minimum Gasteiger partial charge on any atom is -0.268 e. The normalized spacial score (nSPS) is 11.7. The zero-order valence-corrected chi connectivity index (χ0v) is 10.1. The molecule has 0 aromatic carbocycles. The summed E-state index contributed by atoms with van der Waals surface area (Å²) >= 11 is 3.14. The molecule has 0 bridgehead atoms. The van der Waals surface area contributed by atoms with Crippen LogP contribution >= 0.6 is 15.9 Å². The van der Waals surface area contributed by atoms with Crippen LogP contribution in [0.3, 0.4) is 0 Å². The van der Waals surface area contributed by atoms with Crippen LogP contribution in [0.5, 0.6) is 0 Å². The van der Waals surface area contributed by atoms with E-state index in [9.17, 15) is 8.42 Å². The molecular formula is C7H10BrN3O2S. The Morgan fingerprint density at radius 1 is 1.50 bits per heavy atom. The molecule has 0 amide bonds. The molecule has 14 heavy (non-hydrogen) atoms. The van der Waals surface area contributed by atoms with Crippen LogP contribution in [0.2, 0.25) is 0 Å². The molecule has 1 rings (SSSR count). The van der Waals surface area contributed by atoms with E-state index < -0.39 is 10.2 Å². The SMILES string of the molecule is CN(C)S(=O)(=O)Nc1cccnc1Br. The van der Waals surface area contributed by atoms with Crippen molar-refractivity contribution in [3.63, 3.8) is 0 Å². The van der Waals surface area contributed by atoms with E-state index in [1.54, 1.807) is 18.3 Å². The molecule has 1 aromatic heterocycles. The summed E-state index contributed by atoms with van der Waals surface area (Å²) in [6, 6.07) is 3.27. The molecule has 7 heteroatoms. The molecule has 1 aromatic rings. The van der Waals surface area contributed by atoms with Gasteiger partial charge in [-0.05, 0) is 28.1 Å². The fourth-order valence-corrected chi connectivity index (χ4v) is 1.80. The monoisotopic (exact) mass is 279 g/mol. The Bertz CT molecular complexity index is 419. The van der Waals surface area contributed by atoms with Crippen LogP contribution in [0.25, 0.3) is 0 Å². The number of anilines is 1. The standard InChI is InChI=1S/C7H10BrN3O2S/c1-11(2)14(12,13)10-6-4-3-5-9-7(6)8/h3-5,10H,1-2H3. The first-order valence-electron chi connectivity index (χ1n) is 3.74. The molecule has 0 fully saturated rings. The van der Waals surface area contributed by atoms with E-state index in [0.717, 1.165) is 4.31 Å². The van der Waals surface area contributed by atoms with Crippen molar-refractivity contribution in [2.75, 3.05) is 18.8 Å². The fourth-order valence-electron chi connectivity index (χ4n) is 0.692. The van der Waals surface area contributed by atoms with Gasteiger partial charge < -0.3 is 0 Å². The second-order valence-corrected chi connectivity index (χ2v) is 5.37. The first kappa shape index (κ1) is 11.4. The molecule has 0 aliphatic rings. The van der Waals surface area contributed by atoms with E-state index in [2.05, 4.69) is 25.6 Å². The third kappa shape index (κ3) is 2.66. The van der Waals surface area contributed by atoms with Crippen molar-refractivity contribution < 1.29 is 8.42 Å². The number of pyridine rings is 1. The van der Waals surface area contributed by atoms with Crippen LogP contribution in [0, 0.1) is 0 Å². The zero-order chi connectivity index (χ0) is 10.8.